The molecule has 0 aromatic rings. The highest BCUT2D eigenvalue weighted by Gasteiger charge is 2.74. The summed E-state index contributed by atoms with van der Waals surface area (Å²) in [7, 11) is 0. The zero-order valence-corrected chi connectivity index (χ0v) is 28.8. The van der Waals surface area contributed by atoms with Crippen molar-refractivity contribution in [3.63, 3.8) is 0 Å². The topological polar surface area (TPSA) is 70.1 Å². The normalized spacial score (nSPS) is 34.7. The van der Waals surface area contributed by atoms with Crippen molar-refractivity contribution < 1.29 is 19.7 Å². The van der Waals surface area contributed by atoms with Gasteiger partial charge in [0.2, 0.25) is 0 Å². The second kappa shape index (κ2) is 13.7. The van der Waals surface area contributed by atoms with E-state index in [9.17, 15) is 15.0 Å². The third kappa shape index (κ3) is 8.07. The number of aliphatic hydroxyl groups is 2. The number of aliphatic hydroxyl groups excluding tert-OH is 2. The molecule has 0 amide bonds. The van der Waals surface area contributed by atoms with Gasteiger partial charge in [0.05, 0.1) is 12.2 Å². The molecule has 0 radical (unpaired) electrons. The summed E-state index contributed by atoms with van der Waals surface area (Å²) in [4.78, 5) is 12.9. The van der Waals surface area contributed by atoms with Crippen molar-refractivity contribution in [3.05, 3.63) is 107 Å². The average molecular weight is 601 g/mol. The van der Waals surface area contributed by atoms with Crippen LogP contribution >= 0.6 is 0 Å². The summed E-state index contributed by atoms with van der Waals surface area (Å²) in [5, 5.41) is 20.4. The molecule has 0 spiro atoms. The van der Waals surface area contributed by atoms with Gasteiger partial charge in [0.25, 0.3) is 0 Å². The van der Waals surface area contributed by atoms with Gasteiger partial charge in [-0.05, 0) is 71.4 Å². The molecule has 4 heteroatoms. The molecule has 240 valence electrons. The molecule has 2 aliphatic carbocycles. The molecule has 3 rings (SSSR count). The Morgan fingerprint density at radius 2 is 1.05 bits per heavy atom. The van der Waals surface area contributed by atoms with Gasteiger partial charge in [0.1, 0.15) is 11.2 Å². The molecule has 1 aliphatic heterocycles. The van der Waals surface area contributed by atoms with E-state index >= 15 is 0 Å². The monoisotopic (exact) mass is 600 g/mol. The maximum Gasteiger partial charge on any atom is 0.162 e. The Morgan fingerprint density at radius 3 is 1.55 bits per heavy atom. The largest absolute Gasteiger partial charge is 0.393 e. The molecule has 2 unspecified atom stereocenters. The SMILES string of the molecule is CC(/C=C/C=C(C)/C=C/C(=O)[C@]1(C)C[C@@H](O)CC1(C)C)=C\C=C\C=C(C)\C=C\C=C(C)\C=C\C12OC1(C)C[C@@H](O)CC2(C)C. The van der Waals surface area contributed by atoms with Gasteiger partial charge in [-0.3, -0.25) is 4.79 Å². The summed E-state index contributed by atoms with van der Waals surface area (Å²) < 4.78 is 6.24. The Kier molecular flexibility index (Phi) is 11.1. The number of allylic oxidation sites excluding steroid dienone is 17. The molecule has 0 aromatic heterocycles. The maximum absolute atomic E-state index is 12.9. The predicted molar refractivity (Wildman–Crippen MR) is 184 cm³/mol. The van der Waals surface area contributed by atoms with Crippen LogP contribution in [0.2, 0.25) is 0 Å². The number of carbonyl (C=O) groups excluding carboxylic acids is 1. The van der Waals surface area contributed by atoms with E-state index in [1.165, 1.54) is 0 Å². The maximum atomic E-state index is 12.9. The minimum atomic E-state index is -0.534. The summed E-state index contributed by atoms with van der Waals surface area (Å²) in [6.45, 7) is 20.8. The van der Waals surface area contributed by atoms with E-state index < -0.39 is 11.5 Å². The van der Waals surface area contributed by atoms with Gasteiger partial charge < -0.3 is 14.9 Å². The van der Waals surface area contributed by atoms with E-state index in [1.807, 2.05) is 50.3 Å². The van der Waals surface area contributed by atoms with Crippen LogP contribution in [0.25, 0.3) is 0 Å². The lowest BCUT2D eigenvalue weighted by Gasteiger charge is -2.39. The molecule has 3 fully saturated rings. The number of hydrogen-bond donors (Lipinski definition) is 2. The molecule has 2 N–H and O–H groups in total. The van der Waals surface area contributed by atoms with Crippen LogP contribution in [-0.2, 0) is 9.53 Å². The number of rotatable bonds is 11. The lowest BCUT2D eigenvalue weighted by Crippen LogP contribution is -2.46. The lowest BCUT2D eigenvalue weighted by atomic mass is 9.63. The molecule has 2 saturated carbocycles. The van der Waals surface area contributed by atoms with E-state index in [0.717, 1.165) is 28.7 Å². The van der Waals surface area contributed by atoms with Crippen LogP contribution < -0.4 is 0 Å². The van der Waals surface area contributed by atoms with Crippen molar-refractivity contribution in [3.8, 4) is 0 Å². The van der Waals surface area contributed by atoms with E-state index in [4.69, 9.17) is 4.74 Å². The predicted octanol–water partition coefficient (Wildman–Crippen LogP) is 9.02. The second-order valence-electron chi connectivity index (χ2n) is 15.1. The van der Waals surface area contributed by atoms with Crippen molar-refractivity contribution in [2.45, 2.75) is 118 Å². The van der Waals surface area contributed by atoms with Gasteiger partial charge in [-0.2, -0.15) is 0 Å². The molecule has 3 aliphatic rings. The summed E-state index contributed by atoms with van der Waals surface area (Å²) >= 11 is 0. The van der Waals surface area contributed by atoms with Crippen LogP contribution in [0.4, 0.5) is 0 Å². The highest BCUT2D eigenvalue weighted by molar-refractivity contribution is 5.95. The van der Waals surface area contributed by atoms with Crippen LogP contribution in [-0.4, -0.2) is 39.4 Å². The summed E-state index contributed by atoms with van der Waals surface area (Å²) in [5.41, 5.74) is 2.99. The quantitative estimate of drug-likeness (QED) is 0.141. The molecular weight excluding hydrogens is 544 g/mol. The number of ether oxygens (including phenoxy) is 1. The smallest absolute Gasteiger partial charge is 0.162 e. The van der Waals surface area contributed by atoms with Gasteiger partial charge in [-0.25, -0.2) is 0 Å². The number of epoxide rings is 1. The molecule has 0 bridgehead atoms. The third-order valence-corrected chi connectivity index (χ3v) is 10.3. The zero-order valence-electron chi connectivity index (χ0n) is 28.8. The van der Waals surface area contributed by atoms with E-state index in [1.54, 1.807) is 6.08 Å². The first-order chi connectivity index (χ1) is 20.4. The van der Waals surface area contributed by atoms with Crippen LogP contribution in [0.3, 0.4) is 0 Å². The fourth-order valence-corrected chi connectivity index (χ4v) is 7.12. The van der Waals surface area contributed by atoms with Crippen LogP contribution in [0.1, 0.15) is 94.9 Å². The van der Waals surface area contributed by atoms with E-state index in [0.29, 0.717) is 19.3 Å². The van der Waals surface area contributed by atoms with Crippen molar-refractivity contribution in [2.24, 2.45) is 16.2 Å². The average Bonchev–Trinajstić information content (AvgIpc) is 3.46. The number of hydrogen-bond acceptors (Lipinski definition) is 4. The molecule has 0 aromatic carbocycles. The van der Waals surface area contributed by atoms with E-state index in [2.05, 4.69) is 97.9 Å². The van der Waals surface area contributed by atoms with Gasteiger partial charge >= 0.3 is 0 Å². The van der Waals surface area contributed by atoms with Gasteiger partial charge in [0.15, 0.2) is 5.78 Å². The Morgan fingerprint density at radius 1 is 0.591 bits per heavy atom. The van der Waals surface area contributed by atoms with Gasteiger partial charge in [-0.15, -0.1) is 0 Å². The first kappa shape index (κ1) is 35.7. The molecule has 5 atom stereocenters. The molecule has 4 nitrogen and oxygen atoms in total. The fraction of sp³-hybridized carbons (Fsp3) is 0.525. The Hall–Kier alpha value is -2.79. The van der Waals surface area contributed by atoms with Crippen LogP contribution in [0.5, 0.6) is 0 Å². The van der Waals surface area contributed by atoms with Crippen molar-refractivity contribution in [1.82, 2.24) is 0 Å². The minimum absolute atomic E-state index is 0.0831. The van der Waals surface area contributed by atoms with Gasteiger partial charge in [-0.1, -0.05) is 130 Å². The van der Waals surface area contributed by atoms with Crippen molar-refractivity contribution in [2.75, 3.05) is 0 Å². The number of ketones is 1. The summed E-state index contributed by atoms with van der Waals surface area (Å²) in [5.74, 6) is 0.0831. The van der Waals surface area contributed by atoms with E-state index in [-0.39, 0.29) is 33.9 Å². The van der Waals surface area contributed by atoms with Gasteiger partial charge in [0, 0.05) is 17.3 Å². The summed E-state index contributed by atoms with van der Waals surface area (Å²) in [6, 6.07) is 0. The Bertz CT molecular complexity index is 1360. The minimum Gasteiger partial charge on any atom is -0.393 e. The fourth-order valence-electron chi connectivity index (χ4n) is 7.12. The molecule has 1 heterocycles. The second-order valence-corrected chi connectivity index (χ2v) is 15.1. The first-order valence-electron chi connectivity index (χ1n) is 16.1. The highest BCUT2D eigenvalue weighted by Crippen LogP contribution is 2.66. The highest BCUT2D eigenvalue weighted by atomic mass is 16.6. The Labute approximate surface area is 267 Å². The van der Waals surface area contributed by atoms with Crippen LogP contribution in [0.15, 0.2) is 107 Å². The number of fused-ring (bicyclic) bond motifs is 1. The standard InChI is InChI=1S/C40H56O4/c1-29(17-13-19-31(3)21-22-35(43)38(9)27-33(41)25-36(38,5)6)15-11-12-16-30(2)18-14-20-32(4)23-24-40-37(7,8)26-34(42)28-39(40,10)44-40/h11-24,33-34,41-42H,25-28H2,1-10H3/b12-11+,17-13+,18-14+,22-21+,24-23+,29-15+,30-16+,31-19+,32-20+/t33-,34-,38-,39?,40?/m0/s1. The zero-order chi connectivity index (χ0) is 33.0. The molecule has 44 heavy (non-hydrogen) atoms. The third-order valence-electron chi connectivity index (χ3n) is 10.3. The van der Waals surface area contributed by atoms with Crippen molar-refractivity contribution >= 4 is 5.78 Å². The molecular formula is C40H56O4. The molecule has 1 saturated heterocycles. The number of carbonyl (C=O) groups is 1. The summed E-state index contributed by atoms with van der Waals surface area (Å²) in [6.07, 6.45) is 30.3. The first-order valence-corrected chi connectivity index (χ1v) is 16.1. The lowest BCUT2D eigenvalue weighted by molar-refractivity contribution is -0.127. The Balaban J connectivity index is 1.48. The van der Waals surface area contributed by atoms with Crippen LogP contribution in [0, 0.1) is 16.2 Å². The van der Waals surface area contributed by atoms with Crippen molar-refractivity contribution in [1.29, 1.82) is 0 Å².